The molecule has 0 bridgehead atoms. The van der Waals surface area contributed by atoms with Crippen LogP contribution in [0.25, 0.3) is 6.08 Å². The molecule has 0 radical (unpaired) electrons. The smallest absolute Gasteiger partial charge is 0.328 e. The Kier molecular flexibility index (Phi) is 6.77. The van der Waals surface area contributed by atoms with E-state index in [0.717, 1.165) is 24.6 Å². The fourth-order valence-electron chi connectivity index (χ4n) is 1.65. The predicted molar refractivity (Wildman–Crippen MR) is 78.4 cm³/mol. The summed E-state index contributed by atoms with van der Waals surface area (Å²) >= 11 is 1.62. The number of methoxy groups -OCH3 is 1. The van der Waals surface area contributed by atoms with Gasteiger partial charge in [0.15, 0.2) is 0 Å². The number of carboxylic acids is 1. The van der Waals surface area contributed by atoms with Crippen LogP contribution in [-0.2, 0) is 16.1 Å². The third-order valence-corrected chi connectivity index (χ3v) is 3.78. The summed E-state index contributed by atoms with van der Waals surface area (Å²) in [5.74, 6) is -0.918. The van der Waals surface area contributed by atoms with Gasteiger partial charge < -0.3 is 9.84 Å². The largest absolute Gasteiger partial charge is 0.478 e. The van der Waals surface area contributed by atoms with Gasteiger partial charge in [-0.05, 0) is 32.1 Å². The molecule has 0 aliphatic rings. The van der Waals surface area contributed by atoms with Crippen LogP contribution in [0.3, 0.4) is 0 Å². The molecule has 0 fully saturated rings. The van der Waals surface area contributed by atoms with Crippen LogP contribution in [0.4, 0.5) is 0 Å². The number of carbonyl (C=O) groups is 1. The van der Waals surface area contributed by atoms with Crippen molar-refractivity contribution in [3.63, 3.8) is 0 Å². The molecular weight excluding hydrogens is 262 g/mol. The number of thiophene rings is 1. The van der Waals surface area contributed by atoms with E-state index in [4.69, 9.17) is 9.84 Å². The summed E-state index contributed by atoms with van der Waals surface area (Å²) in [6.07, 6.45) is 2.80. The van der Waals surface area contributed by atoms with Crippen molar-refractivity contribution in [2.24, 2.45) is 0 Å². The Bertz CT molecular complexity index is 426. The summed E-state index contributed by atoms with van der Waals surface area (Å²) in [6.45, 7) is 6.80. The fraction of sp³-hybridized carbons (Fsp3) is 0.500. The van der Waals surface area contributed by atoms with Crippen molar-refractivity contribution < 1.29 is 14.6 Å². The van der Waals surface area contributed by atoms with Gasteiger partial charge in [-0.3, -0.25) is 4.90 Å². The van der Waals surface area contributed by atoms with Crippen molar-refractivity contribution in [2.45, 2.75) is 26.4 Å². The van der Waals surface area contributed by atoms with E-state index in [1.54, 1.807) is 24.5 Å². The highest BCUT2D eigenvalue weighted by Crippen LogP contribution is 2.20. The van der Waals surface area contributed by atoms with Crippen LogP contribution in [0.15, 0.2) is 18.2 Å². The molecule has 19 heavy (non-hydrogen) atoms. The fourth-order valence-corrected chi connectivity index (χ4v) is 2.59. The van der Waals surface area contributed by atoms with Crippen LogP contribution in [0.5, 0.6) is 0 Å². The van der Waals surface area contributed by atoms with E-state index in [0.29, 0.717) is 6.04 Å². The van der Waals surface area contributed by atoms with Crippen LogP contribution in [-0.4, -0.2) is 42.3 Å². The molecule has 0 spiro atoms. The number of rotatable bonds is 8. The Labute approximate surface area is 118 Å². The summed E-state index contributed by atoms with van der Waals surface area (Å²) in [6, 6.07) is 4.46. The van der Waals surface area contributed by atoms with Crippen molar-refractivity contribution >= 4 is 23.4 Å². The first-order chi connectivity index (χ1) is 9.02. The molecule has 1 N–H and O–H groups in total. The van der Waals surface area contributed by atoms with Crippen molar-refractivity contribution in [1.29, 1.82) is 0 Å². The number of nitrogens with zero attached hydrogens (tertiary/aromatic N) is 1. The number of carboxylic acid groups (broad SMARTS) is 1. The van der Waals surface area contributed by atoms with E-state index in [-0.39, 0.29) is 0 Å². The maximum Gasteiger partial charge on any atom is 0.328 e. The number of ether oxygens (including phenoxy) is 1. The minimum Gasteiger partial charge on any atom is -0.478 e. The van der Waals surface area contributed by atoms with Crippen molar-refractivity contribution in [2.75, 3.05) is 20.3 Å². The summed E-state index contributed by atoms with van der Waals surface area (Å²) in [7, 11) is 1.71. The van der Waals surface area contributed by atoms with Gasteiger partial charge in [-0.25, -0.2) is 4.79 Å². The molecule has 4 nitrogen and oxygen atoms in total. The number of hydrogen-bond donors (Lipinski definition) is 1. The van der Waals surface area contributed by atoms with Crippen molar-refractivity contribution in [1.82, 2.24) is 4.90 Å². The van der Waals surface area contributed by atoms with Gasteiger partial charge in [-0.1, -0.05) is 0 Å². The maximum atomic E-state index is 10.5. The zero-order valence-electron chi connectivity index (χ0n) is 11.6. The first-order valence-electron chi connectivity index (χ1n) is 6.25. The molecule has 0 saturated carbocycles. The maximum absolute atomic E-state index is 10.5. The zero-order valence-corrected chi connectivity index (χ0v) is 12.4. The van der Waals surface area contributed by atoms with Gasteiger partial charge in [0, 0.05) is 42.1 Å². The second-order valence-electron chi connectivity index (χ2n) is 4.53. The monoisotopic (exact) mass is 283 g/mol. The van der Waals surface area contributed by atoms with E-state index in [1.807, 2.05) is 12.1 Å². The molecule has 0 aliphatic heterocycles. The molecule has 1 heterocycles. The zero-order chi connectivity index (χ0) is 14.3. The Morgan fingerprint density at radius 1 is 1.53 bits per heavy atom. The lowest BCUT2D eigenvalue weighted by Gasteiger charge is -2.25. The summed E-state index contributed by atoms with van der Waals surface area (Å²) in [5.41, 5.74) is 0. The average molecular weight is 283 g/mol. The van der Waals surface area contributed by atoms with Gasteiger partial charge in [0.1, 0.15) is 0 Å². The standard InChI is InChI=1S/C14H21NO3S/c1-11(2)15(8-9-18-3)10-13-5-4-12(19-13)6-7-14(16)17/h4-7,11H,8-10H2,1-3H3,(H,16,17)/b7-6+. The van der Waals surface area contributed by atoms with Gasteiger partial charge in [-0.15, -0.1) is 11.3 Å². The van der Waals surface area contributed by atoms with Gasteiger partial charge in [-0.2, -0.15) is 0 Å². The van der Waals surface area contributed by atoms with Crippen LogP contribution in [0.1, 0.15) is 23.6 Å². The van der Waals surface area contributed by atoms with Crippen LogP contribution in [0.2, 0.25) is 0 Å². The molecule has 0 aliphatic carbocycles. The Morgan fingerprint density at radius 2 is 2.26 bits per heavy atom. The summed E-state index contributed by atoms with van der Waals surface area (Å²) in [4.78, 5) is 15.0. The highest BCUT2D eigenvalue weighted by molar-refractivity contribution is 7.12. The topological polar surface area (TPSA) is 49.8 Å². The predicted octanol–water partition coefficient (Wildman–Crippen LogP) is 2.70. The normalized spacial score (nSPS) is 11.8. The van der Waals surface area contributed by atoms with Gasteiger partial charge in [0.2, 0.25) is 0 Å². The van der Waals surface area contributed by atoms with Crippen LogP contribution in [0, 0.1) is 0 Å². The first-order valence-corrected chi connectivity index (χ1v) is 7.07. The Hall–Kier alpha value is -1.17. The lowest BCUT2D eigenvalue weighted by Crippen LogP contribution is -2.32. The van der Waals surface area contributed by atoms with Crippen molar-refractivity contribution in [3.8, 4) is 0 Å². The molecule has 0 amide bonds. The van der Waals surface area contributed by atoms with E-state index in [1.165, 1.54) is 11.0 Å². The molecule has 106 valence electrons. The summed E-state index contributed by atoms with van der Waals surface area (Å²) in [5, 5.41) is 8.59. The Balaban J connectivity index is 2.62. The van der Waals surface area contributed by atoms with E-state index >= 15 is 0 Å². The Morgan fingerprint density at radius 3 is 2.84 bits per heavy atom. The molecule has 1 rings (SSSR count). The summed E-state index contributed by atoms with van der Waals surface area (Å²) < 4.78 is 5.12. The van der Waals surface area contributed by atoms with Crippen molar-refractivity contribution in [3.05, 3.63) is 28.0 Å². The SMILES string of the molecule is COCCN(Cc1ccc(/C=C/C(=O)O)s1)C(C)C. The molecule has 0 saturated heterocycles. The molecule has 0 atom stereocenters. The minimum absolute atomic E-state index is 0.454. The van der Waals surface area contributed by atoms with Gasteiger partial charge in [0.05, 0.1) is 6.61 Å². The van der Waals surface area contributed by atoms with Crippen LogP contribution < -0.4 is 0 Å². The number of aliphatic carboxylic acids is 1. The average Bonchev–Trinajstić information content (AvgIpc) is 2.79. The molecule has 1 aromatic rings. The second kappa shape index (κ2) is 8.09. The lowest BCUT2D eigenvalue weighted by atomic mass is 10.3. The minimum atomic E-state index is -0.918. The van der Waals surface area contributed by atoms with E-state index < -0.39 is 5.97 Å². The molecule has 1 aromatic heterocycles. The third kappa shape index (κ3) is 6.00. The van der Waals surface area contributed by atoms with Gasteiger partial charge >= 0.3 is 5.97 Å². The third-order valence-electron chi connectivity index (χ3n) is 2.74. The van der Waals surface area contributed by atoms with Crippen LogP contribution >= 0.6 is 11.3 Å². The molecular formula is C14H21NO3S. The molecule has 0 unspecified atom stereocenters. The highest BCUT2D eigenvalue weighted by atomic mass is 32.1. The van der Waals surface area contributed by atoms with Gasteiger partial charge in [0.25, 0.3) is 0 Å². The second-order valence-corrected chi connectivity index (χ2v) is 5.73. The van der Waals surface area contributed by atoms with E-state index in [9.17, 15) is 4.79 Å². The quantitative estimate of drug-likeness (QED) is 0.745. The molecule has 0 aromatic carbocycles. The first kappa shape index (κ1) is 15.9. The lowest BCUT2D eigenvalue weighted by molar-refractivity contribution is -0.131. The number of hydrogen-bond acceptors (Lipinski definition) is 4. The molecule has 5 heteroatoms. The highest BCUT2D eigenvalue weighted by Gasteiger charge is 2.11. The van der Waals surface area contributed by atoms with E-state index in [2.05, 4.69) is 18.7 Å².